The number of benzene rings is 1. The molecular formula is C13H9BrN2O3. The Morgan fingerprint density at radius 3 is 2.63 bits per heavy atom. The summed E-state index contributed by atoms with van der Waals surface area (Å²) in [6.45, 7) is 0. The zero-order valence-corrected chi connectivity index (χ0v) is 11.2. The molecule has 0 bridgehead atoms. The molecule has 2 N–H and O–H groups in total. The Morgan fingerprint density at radius 1 is 1.21 bits per heavy atom. The topological polar surface area (TPSA) is 79.3 Å². The lowest BCUT2D eigenvalue weighted by molar-refractivity contribution is 0.0696. The third-order valence-corrected chi connectivity index (χ3v) is 3.06. The largest absolute Gasteiger partial charge is 0.478 e. The molecule has 0 fully saturated rings. The highest BCUT2D eigenvalue weighted by molar-refractivity contribution is 9.10. The highest BCUT2D eigenvalue weighted by atomic mass is 79.9. The van der Waals surface area contributed by atoms with Crippen molar-refractivity contribution in [3.05, 3.63) is 58.2 Å². The highest BCUT2D eigenvalue weighted by Gasteiger charge is 2.11. The Morgan fingerprint density at radius 2 is 1.95 bits per heavy atom. The van der Waals surface area contributed by atoms with E-state index in [2.05, 4.69) is 26.2 Å². The summed E-state index contributed by atoms with van der Waals surface area (Å²) < 4.78 is 0.655. The Labute approximate surface area is 117 Å². The number of rotatable bonds is 3. The van der Waals surface area contributed by atoms with Crippen LogP contribution in [0.25, 0.3) is 0 Å². The Balaban J connectivity index is 2.22. The molecule has 2 aromatic rings. The van der Waals surface area contributed by atoms with Gasteiger partial charge in [0.25, 0.3) is 5.91 Å². The predicted molar refractivity (Wildman–Crippen MR) is 73.3 cm³/mol. The summed E-state index contributed by atoms with van der Waals surface area (Å²) in [5.41, 5.74) is 0.516. The third kappa shape index (κ3) is 3.17. The second kappa shape index (κ2) is 5.62. The summed E-state index contributed by atoms with van der Waals surface area (Å²) in [4.78, 5) is 26.7. The lowest BCUT2D eigenvalue weighted by atomic mass is 10.2. The van der Waals surface area contributed by atoms with Crippen molar-refractivity contribution < 1.29 is 14.7 Å². The normalized spacial score (nSPS) is 9.95. The summed E-state index contributed by atoms with van der Waals surface area (Å²) >= 11 is 3.27. The van der Waals surface area contributed by atoms with Gasteiger partial charge in [0.15, 0.2) is 0 Å². The van der Waals surface area contributed by atoms with E-state index in [0.29, 0.717) is 10.0 Å². The number of carboxylic acid groups (broad SMARTS) is 1. The number of hydrogen-bond donors (Lipinski definition) is 2. The molecule has 96 valence electrons. The van der Waals surface area contributed by atoms with Crippen LogP contribution in [0.4, 0.5) is 5.82 Å². The number of carbonyl (C=O) groups excluding carboxylic acids is 1. The van der Waals surface area contributed by atoms with Gasteiger partial charge in [0, 0.05) is 10.7 Å². The van der Waals surface area contributed by atoms with Gasteiger partial charge in [0.1, 0.15) is 5.82 Å². The lowest BCUT2D eigenvalue weighted by Crippen LogP contribution is -2.14. The Kier molecular flexibility index (Phi) is 3.91. The number of nitrogens with one attached hydrogen (secondary N) is 1. The number of halogens is 1. The molecule has 0 unspecified atom stereocenters. The fraction of sp³-hybridized carbons (Fsp3) is 0. The van der Waals surface area contributed by atoms with Crippen molar-refractivity contribution in [1.82, 2.24) is 4.98 Å². The van der Waals surface area contributed by atoms with Crippen molar-refractivity contribution in [3.8, 4) is 0 Å². The number of amides is 1. The van der Waals surface area contributed by atoms with Crippen LogP contribution in [0.3, 0.4) is 0 Å². The van der Waals surface area contributed by atoms with Crippen LogP contribution in [-0.2, 0) is 0 Å². The van der Waals surface area contributed by atoms with Crippen LogP contribution in [0, 0.1) is 0 Å². The molecule has 2 rings (SSSR count). The molecule has 0 aliphatic heterocycles. The first-order chi connectivity index (χ1) is 9.08. The van der Waals surface area contributed by atoms with Crippen LogP contribution >= 0.6 is 15.9 Å². The maximum Gasteiger partial charge on any atom is 0.335 e. The first-order valence-electron chi connectivity index (χ1n) is 5.33. The maximum atomic E-state index is 12.0. The minimum absolute atomic E-state index is 0.0671. The van der Waals surface area contributed by atoms with Gasteiger partial charge in [-0.3, -0.25) is 4.79 Å². The van der Waals surface area contributed by atoms with Crippen LogP contribution in [-0.4, -0.2) is 22.0 Å². The third-order valence-electron chi connectivity index (χ3n) is 2.37. The van der Waals surface area contributed by atoms with Gasteiger partial charge in [-0.1, -0.05) is 12.1 Å². The fourth-order valence-corrected chi connectivity index (χ4v) is 1.93. The standard InChI is InChI=1S/C13H9BrN2O3/c14-10-4-2-1-3-9(10)12(17)16-11-7-8(13(18)19)5-6-15-11/h1-7H,(H,18,19)(H,15,16,17). The van der Waals surface area contributed by atoms with Gasteiger partial charge in [-0.2, -0.15) is 0 Å². The molecule has 0 aliphatic rings. The van der Waals surface area contributed by atoms with Gasteiger partial charge in [0.05, 0.1) is 11.1 Å². The average molecular weight is 321 g/mol. The molecule has 1 aromatic heterocycles. The van der Waals surface area contributed by atoms with E-state index in [1.54, 1.807) is 24.3 Å². The van der Waals surface area contributed by atoms with Crippen molar-refractivity contribution in [2.24, 2.45) is 0 Å². The van der Waals surface area contributed by atoms with Crippen molar-refractivity contribution in [2.45, 2.75) is 0 Å². The second-order valence-corrected chi connectivity index (χ2v) is 4.52. The number of pyridine rings is 1. The van der Waals surface area contributed by atoms with Crippen LogP contribution in [0.15, 0.2) is 47.1 Å². The molecule has 6 heteroatoms. The van der Waals surface area contributed by atoms with E-state index in [-0.39, 0.29) is 17.3 Å². The zero-order chi connectivity index (χ0) is 13.8. The van der Waals surface area contributed by atoms with Gasteiger partial charge in [-0.25, -0.2) is 9.78 Å². The zero-order valence-electron chi connectivity index (χ0n) is 9.63. The summed E-state index contributed by atoms with van der Waals surface area (Å²) in [7, 11) is 0. The summed E-state index contributed by atoms with van der Waals surface area (Å²) in [5.74, 6) is -1.23. The van der Waals surface area contributed by atoms with Crippen LogP contribution < -0.4 is 5.32 Å². The van der Waals surface area contributed by atoms with Gasteiger partial charge in [0.2, 0.25) is 0 Å². The number of carbonyl (C=O) groups is 2. The highest BCUT2D eigenvalue weighted by Crippen LogP contribution is 2.17. The minimum atomic E-state index is -1.07. The van der Waals surface area contributed by atoms with Crippen molar-refractivity contribution in [3.63, 3.8) is 0 Å². The average Bonchev–Trinajstić information content (AvgIpc) is 2.39. The first kappa shape index (κ1) is 13.2. The second-order valence-electron chi connectivity index (χ2n) is 3.67. The molecule has 0 radical (unpaired) electrons. The molecule has 1 aromatic carbocycles. The van der Waals surface area contributed by atoms with E-state index in [1.165, 1.54) is 18.3 Å². The number of aromatic nitrogens is 1. The van der Waals surface area contributed by atoms with E-state index in [0.717, 1.165) is 0 Å². The van der Waals surface area contributed by atoms with Crippen molar-refractivity contribution in [2.75, 3.05) is 5.32 Å². The van der Waals surface area contributed by atoms with Crippen LogP contribution in [0.5, 0.6) is 0 Å². The summed E-state index contributed by atoms with van der Waals surface area (Å²) in [6.07, 6.45) is 1.33. The molecule has 1 amide bonds. The maximum absolute atomic E-state index is 12.0. The van der Waals surface area contributed by atoms with E-state index < -0.39 is 5.97 Å². The lowest BCUT2D eigenvalue weighted by Gasteiger charge is -2.06. The number of aromatic carboxylic acids is 1. The smallest absolute Gasteiger partial charge is 0.335 e. The van der Waals surface area contributed by atoms with Gasteiger partial charge in [-0.15, -0.1) is 0 Å². The number of carboxylic acids is 1. The molecule has 1 heterocycles. The number of anilines is 1. The number of nitrogens with zero attached hydrogens (tertiary/aromatic N) is 1. The predicted octanol–water partition coefficient (Wildman–Crippen LogP) is 2.79. The molecule has 19 heavy (non-hydrogen) atoms. The van der Waals surface area contributed by atoms with Crippen LogP contribution in [0.1, 0.15) is 20.7 Å². The molecule has 0 spiro atoms. The van der Waals surface area contributed by atoms with E-state index in [9.17, 15) is 9.59 Å². The molecular weight excluding hydrogens is 312 g/mol. The molecule has 0 atom stereocenters. The van der Waals surface area contributed by atoms with Gasteiger partial charge >= 0.3 is 5.97 Å². The first-order valence-corrected chi connectivity index (χ1v) is 6.12. The SMILES string of the molecule is O=C(O)c1ccnc(NC(=O)c2ccccc2Br)c1. The van der Waals surface area contributed by atoms with Crippen molar-refractivity contribution >= 4 is 33.6 Å². The Bertz CT molecular complexity index is 643. The fourth-order valence-electron chi connectivity index (χ4n) is 1.46. The van der Waals surface area contributed by atoms with E-state index in [1.807, 2.05) is 0 Å². The number of hydrogen-bond acceptors (Lipinski definition) is 3. The molecule has 5 nitrogen and oxygen atoms in total. The Hall–Kier alpha value is -2.21. The van der Waals surface area contributed by atoms with E-state index >= 15 is 0 Å². The van der Waals surface area contributed by atoms with Gasteiger partial charge in [-0.05, 0) is 40.2 Å². The molecule has 0 saturated heterocycles. The molecule has 0 aliphatic carbocycles. The quantitative estimate of drug-likeness (QED) is 0.911. The van der Waals surface area contributed by atoms with Gasteiger partial charge < -0.3 is 10.4 Å². The summed E-state index contributed by atoms with van der Waals surface area (Å²) in [6, 6.07) is 9.59. The monoisotopic (exact) mass is 320 g/mol. The van der Waals surface area contributed by atoms with Crippen LogP contribution in [0.2, 0.25) is 0 Å². The minimum Gasteiger partial charge on any atom is -0.478 e. The molecule has 0 saturated carbocycles. The van der Waals surface area contributed by atoms with E-state index in [4.69, 9.17) is 5.11 Å². The summed E-state index contributed by atoms with van der Waals surface area (Å²) in [5, 5.41) is 11.4. The van der Waals surface area contributed by atoms with Crippen molar-refractivity contribution in [1.29, 1.82) is 0 Å².